The number of halogens is 1. The van der Waals surface area contributed by atoms with E-state index in [0.29, 0.717) is 16.3 Å². The van der Waals surface area contributed by atoms with Crippen LogP contribution in [0.25, 0.3) is 0 Å². The maximum Gasteiger partial charge on any atom is 0.341 e. The topological polar surface area (TPSA) is 59.4 Å². The highest BCUT2D eigenvalue weighted by molar-refractivity contribution is 6.30. The summed E-state index contributed by atoms with van der Waals surface area (Å²) < 4.78 is 5.59. The molecule has 2 aromatic rings. The molecule has 0 atom stereocenters. The van der Waals surface area contributed by atoms with Crippen molar-refractivity contribution >= 4 is 17.6 Å². The van der Waals surface area contributed by atoms with Crippen LogP contribution in [0.4, 0.5) is 0 Å². The molecule has 0 saturated heterocycles. The lowest BCUT2D eigenvalue weighted by molar-refractivity contribution is 0.0692. The molecule has 0 aliphatic rings. The van der Waals surface area contributed by atoms with Crippen LogP contribution in [-0.2, 0) is 0 Å². The van der Waals surface area contributed by atoms with Crippen molar-refractivity contribution in [1.82, 2.24) is 4.98 Å². The fourth-order valence-electron chi connectivity index (χ4n) is 1.70. The molecule has 0 amide bonds. The number of pyridine rings is 1. The van der Waals surface area contributed by atoms with E-state index in [1.54, 1.807) is 31.2 Å². The summed E-state index contributed by atoms with van der Waals surface area (Å²) in [6, 6.07) is 6.74. The van der Waals surface area contributed by atoms with E-state index < -0.39 is 5.97 Å². The standard InChI is InChI=1S/C14H12ClNO3/c1-8-5-6-16-13(12(8)14(17)18)19-11-4-3-10(15)7-9(11)2/h3-7H,1-2H3,(H,17,18). The molecule has 1 aromatic carbocycles. The SMILES string of the molecule is Cc1cc(Cl)ccc1Oc1nccc(C)c1C(=O)O. The molecule has 0 radical (unpaired) electrons. The summed E-state index contributed by atoms with van der Waals surface area (Å²) in [4.78, 5) is 15.2. The minimum atomic E-state index is -1.06. The predicted molar refractivity (Wildman–Crippen MR) is 72.2 cm³/mol. The van der Waals surface area contributed by atoms with Gasteiger partial charge in [0.05, 0.1) is 0 Å². The number of carboxylic acid groups (broad SMARTS) is 1. The largest absolute Gasteiger partial charge is 0.477 e. The number of aromatic carboxylic acids is 1. The van der Waals surface area contributed by atoms with Crippen molar-refractivity contribution in [3.63, 3.8) is 0 Å². The summed E-state index contributed by atoms with van der Waals surface area (Å²) in [6.07, 6.45) is 1.52. The molecule has 0 unspecified atom stereocenters. The fraction of sp³-hybridized carbons (Fsp3) is 0.143. The average Bonchev–Trinajstić information content (AvgIpc) is 2.32. The van der Waals surface area contributed by atoms with Gasteiger partial charge in [-0.3, -0.25) is 0 Å². The molecule has 98 valence electrons. The van der Waals surface area contributed by atoms with Gasteiger partial charge in [-0.1, -0.05) is 11.6 Å². The van der Waals surface area contributed by atoms with Gasteiger partial charge in [0.1, 0.15) is 11.3 Å². The van der Waals surface area contributed by atoms with Crippen molar-refractivity contribution in [2.75, 3.05) is 0 Å². The number of aromatic nitrogens is 1. The highest BCUT2D eigenvalue weighted by Crippen LogP contribution is 2.29. The molecule has 0 spiro atoms. The average molecular weight is 278 g/mol. The van der Waals surface area contributed by atoms with Crippen LogP contribution in [0.5, 0.6) is 11.6 Å². The van der Waals surface area contributed by atoms with E-state index in [9.17, 15) is 9.90 Å². The van der Waals surface area contributed by atoms with Crippen LogP contribution in [0.15, 0.2) is 30.5 Å². The lowest BCUT2D eigenvalue weighted by Crippen LogP contribution is -2.05. The third-order valence-electron chi connectivity index (χ3n) is 2.68. The number of carboxylic acids is 1. The molecule has 0 fully saturated rings. The number of aryl methyl sites for hydroxylation is 2. The van der Waals surface area contributed by atoms with Crippen LogP contribution in [-0.4, -0.2) is 16.1 Å². The van der Waals surface area contributed by atoms with Gasteiger partial charge in [0.15, 0.2) is 0 Å². The van der Waals surface area contributed by atoms with Gasteiger partial charge in [-0.05, 0) is 49.2 Å². The van der Waals surface area contributed by atoms with E-state index in [-0.39, 0.29) is 11.4 Å². The monoisotopic (exact) mass is 277 g/mol. The summed E-state index contributed by atoms with van der Waals surface area (Å²) in [6.45, 7) is 3.53. The molecule has 4 nitrogen and oxygen atoms in total. The van der Waals surface area contributed by atoms with Crippen LogP contribution < -0.4 is 4.74 Å². The number of carbonyl (C=O) groups is 1. The first kappa shape index (κ1) is 13.4. The quantitative estimate of drug-likeness (QED) is 0.926. The second-order valence-corrected chi connectivity index (χ2v) is 4.56. The molecule has 0 saturated carbocycles. The number of nitrogens with zero attached hydrogens (tertiary/aromatic N) is 1. The predicted octanol–water partition coefficient (Wildman–Crippen LogP) is 3.84. The van der Waals surface area contributed by atoms with E-state index in [1.165, 1.54) is 6.20 Å². The summed E-state index contributed by atoms with van der Waals surface area (Å²) in [7, 11) is 0. The Morgan fingerprint density at radius 1 is 1.26 bits per heavy atom. The Morgan fingerprint density at radius 3 is 2.63 bits per heavy atom. The first-order valence-corrected chi connectivity index (χ1v) is 5.99. The molecule has 1 aromatic heterocycles. The maximum absolute atomic E-state index is 11.2. The molecule has 0 bridgehead atoms. The smallest absolute Gasteiger partial charge is 0.341 e. The molecular formula is C14H12ClNO3. The molecule has 19 heavy (non-hydrogen) atoms. The third kappa shape index (κ3) is 2.85. The fourth-order valence-corrected chi connectivity index (χ4v) is 1.93. The number of ether oxygens (including phenoxy) is 1. The Morgan fingerprint density at radius 2 is 2.00 bits per heavy atom. The van der Waals surface area contributed by atoms with Gasteiger partial charge in [0.25, 0.3) is 0 Å². The molecule has 2 rings (SSSR count). The van der Waals surface area contributed by atoms with Gasteiger partial charge in [-0.25, -0.2) is 9.78 Å². The van der Waals surface area contributed by atoms with Crippen molar-refractivity contribution in [3.8, 4) is 11.6 Å². The van der Waals surface area contributed by atoms with E-state index in [4.69, 9.17) is 16.3 Å². The zero-order valence-corrected chi connectivity index (χ0v) is 11.2. The summed E-state index contributed by atoms with van der Waals surface area (Å²) in [5.74, 6) is -0.449. The summed E-state index contributed by atoms with van der Waals surface area (Å²) in [5, 5.41) is 9.79. The van der Waals surface area contributed by atoms with E-state index in [0.717, 1.165) is 5.56 Å². The van der Waals surface area contributed by atoms with Crippen molar-refractivity contribution in [1.29, 1.82) is 0 Å². The first-order chi connectivity index (χ1) is 8.99. The van der Waals surface area contributed by atoms with Crippen molar-refractivity contribution in [2.45, 2.75) is 13.8 Å². The van der Waals surface area contributed by atoms with E-state index in [1.807, 2.05) is 6.92 Å². The van der Waals surface area contributed by atoms with Crippen LogP contribution in [0.1, 0.15) is 21.5 Å². The highest BCUT2D eigenvalue weighted by atomic mass is 35.5. The van der Waals surface area contributed by atoms with Crippen molar-refractivity contribution in [2.24, 2.45) is 0 Å². The minimum absolute atomic E-state index is 0.0665. The van der Waals surface area contributed by atoms with Gasteiger partial charge >= 0.3 is 5.97 Å². The minimum Gasteiger partial charge on any atom is -0.477 e. The molecule has 5 heteroatoms. The number of hydrogen-bond acceptors (Lipinski definition) is 3. The molecule has 1 heterocycles. The van der Waals surface area contributed by atoms with Gasteiger partial charge in [-0.2, -0.15) is 0 Å². The van der Waals surface area contributed by atoms with Crippen molar-refractivity contribution in [3.05, 3.63) is 52.2 Å². The number of benzene rings is 1. The van der Waals surface area contributed by atoms with Gasteiger partial charge in [0, 0.05) is 11.2 Å². The van der Waals surface area contributed by atoms with E-state index >= 15 is 0 Å². The number of hydrogen-bond donors (Lipinski definition) is 1. The lowest BCUT2D eigenvalue weighted by Gasteiger charge is -2.11. The number of rotatable bonds is 3. The Bertz CT molecular complexity index is 641. The second kappa shape index (κ2) is 5.28. The van der Waals surface area contributed by atoms with Crippen LogP contribution in [0, 0.1) is 13.8 Å². The van der Waals surface area contributed by atoms with Gasteiger partial charge < -0.3 is 9.84 Å². The van der Waals surface area contributed by atoms with Crippen LogP contribution >= 0.6 is 11.6 Å². The molecule has 0 aliphatic heterocycles. The van der Waals surface area contributed by atoms with E-state index in [2.05, 4.69) is 4.98 Å². The molecular weight excluding hydrogens is 266 g/mol. The Kier molecular flexibility index (Phi) is 3.71. The first-order valence-electron chi connectivity index (χ1n) is 5.62. The summed E-state index contributed by atoms with van der Waals surface area (Å²) >= 11 is 5.86. The Balaban J connectivity index is 2.44. The van der Waals surface area contributed by atoms with Gasteiger partial charge in [0.2, 0.25) is 5.88 Å². The maximum atomic E-state index is 11.2. The molecule has 1 N–H and O–H groups in total. The third-order valence-corrected chi connectivity index (χ3v) is 2.92. The Labute approximate surface area is 115 Å². The zero-order valence-electron chi connectivity index (χ0n) is 10.5. The normalized spacial score (nSPS) is 10.3. The molecule has 0 aliphatic carbocycles. The second-order valence-electron chi connectivity index (χ2n) is 4.13. The summed E-state index contributed by atoms with van der Waals surface area (Å²) in [5.41, 5.74) is 1.48. The van der Waals surface area contributed by atoms with Crippen molar-refractivity contribution < 1.29 is 14.6 Å². The lowest BCUT2D eigenvalue weighted by atomic mass is 10.1. The highest BCUT2D eigenvalue weighted by Gasteiger charge is 2.17. The zero-order chi connectivity index (χ0) is 14.0. The van der Waals surface area contributed by atoms with Gasteiger partial charge in [-0.15, -0.1) is 0 Å². The van der Waals surface area contributed by atoms with Crippen LogP contribution in [0.3, 0.4) is 0 Å². The Hall–Kier alpha value is -2.07. The van der Waals surface area contributed by atoms with Crippen LogP contribution in [0.2, 0.25) is 5.02 Å².